The SMILES string of the molecule is CN=C(NCCN(C)C1CCCCC1)N1CCC(CC(=O)NC)CC1. The average molecular weight is 352 g/mol. The molecule has 6 nitrogen and oxygen atoms in total. The lowest BCUT2D eigenvalue weighted by atomic mass is 9.93. The Kier molecular flexibility index (Phi) is 8.52. The van der Waals surface area contributed by atoms with Crippen LogP contribution in [0.2, 0.25) is 0 Å². The highest BCUT2D eigenvalue weighted by Crippen LogP contribution is 2.22. The molecule has 0 bridgehead atoms. The summed E-state index contributed by atoms with van der Waals surface area (Å²) >= 11 is 0. The standard InChI is InChI=1S/C19H37N5O/c1-20-18(25)15-16-9-12-24(13-10-16)19(21-2)22-11-14-23(3)17-7-5-4-6-8-17/h16-17H,4-15H2,1-3H3,(H,20,25)(H,21,22). The van der Waals surface area contributed by atoms with Crippen molar-refractivity contribution in [2.75, 3.05) is 47.3 Å². The number of nitrogens with zero attached hydrogens (tertiary/aromatic N) is 3. The molecule has 2 rings (SSSR count). The van der Waals surface area contributed by atoms with Crippen LogP contribution in [-0.2, 0) is 4.79 Å². The first-order valence-electron chi connectivity index (χ1n) is 10.0. The molecule has 0 spiro atoms. The van der Waals surface area contributed by atoms with Crippen molar-refractivity contribution in [1.29, 1.82) is 0 Å². The van der Waals surface area contributed by atoms with E-state index in [2.05, 4.69) is 32.5 Å². The van der Waals surface area contributed by atoms with Gasteiger partial charge in [-0.2, -0.15) is 0 Å². The number of aliphatic imine (C=N–C) groups is 1. The maximum atomic E-state index is 11.5. The summed E-state index contributed by atoms with van der Waals surface area (Å²) in [5, 5.41) is 6.26. The molecule has 1 aliphatic heterocycles. The Hall–Kier alpha value is -1.30. The third kappa shape index (κ3) is 6.49. The first-order valence-corrected chi connectivity index (χ1v) is 10.0. The van der Waals surface area contributed by atoms with Gasteiger partial charge in [0.05, 0.1) is 0 Å². The number of carbonyl (C=O) groups is 1. The van der Waals surface area contributed by atoms with Crippen molar-refractivity contribution in [1.82, 2.24) is 20.4 Å². The molecular formula is C19H37N5O. The molecule has 0 aromatic heterocycles. The minimum atomic E-state index is 0.159. The lowest BCUT2D eigenvalue weighted by Gasteiger charge is -2.35. The zero-order chi connectivity index (χ0) is 18.1. The van der Waals surface area contributed by atoms with Gasteiger partial charge in [0.25, 0.3) is 0 Å². The van der Waals surface area contributed by atoms with E-state index in [-0.39, 0.29) is 5.91 Å². The Morgan fingerprint density at radius 3 is 2.44 bits per heavy atom. The summed E-state index contributed by atoms with van der Waals surface area (Å²) in [7, 11) is 5.84. The smallest absolute Gasteiger partial charge is 0.220 e. The molecule has 0 unspecified atom stereocenters. The third-order valence-electron chi connectivity index (χ3n) is 5.82. The monoisotopic (exact) mass is 351 g/mol. The normalized spacial score (nSPS) is 20.8. The number of amides is 1. The van der Waals surface area contributed by atoms with Crippen LogP contribution >= 0.6 is 0 Å². The van der Waals surface area contributed by atoms with Crippen LogP contribution in [-0.4, -0.2) is 75.0 Å². The summed E-state index contributed by atoms with van der Waals surface area (Å²) in [5.74, 6) is 1.67. The molecule has 0 aromatic rings. The Balaban J connectivity index is 1.67. The quantitative estimate of drug-likeness (QED) is 0.565. The maximum absolute atomic E-state index is 11.5. The van der Waals surface area contributed by atoms with Gasteiger partial charge in [-0.15, -0.1) is 0 Å². The van der Waals surface area contributed by atoms with Crippen molar-refractivity contribution in [3.63, 3.8) is 0 Å². The Bertz CT molecular complexity index is 426. The van der Waals surface area contributed by atoms with Gasteiger partial charge >= 0.3 is 0 Å². The molecular weight excluding hydrogens is 314 g/mol. The van der Waals surface area contributed by atoms with Crippen LogP contribution in [0, 0.1) is 5.92 Å². The number of guanidine groups is 1. The van der Waals surface area contributed by atoms with Gasteiger partial charge in [0.2, 0.25) is 5.91 Å². The van der Waals surface area contributed by atoms with Gasteiger partial charge in [0, 0.05) is 52.7 Å². The van der Waals surface area contributed by atoms with Crippen molar-refractivity contribution in [2.24, 2.45) is 10.9 Å². The number of piperidine rings is 1. The molecule has 0 atom stereocenters. The summed E-state index contributed by atoms with van der Waals surface area (Å²) in [4.78, 5) is 20.8. The van der Waals surface area contributed by atoms with Crippen molar-refractivity contribution < 1.29 is 4.79 Å². The van der Waals surface area contributed by atoms with E-state index in [0.29, 0.717) is 12.3 Å². The highest BCUT2D eigenvalue weighted by Gasteiger charge is 2.23. The summed E-state index contributed by atoms with van der Waals surface area (Å²) in [6.07, 6.45) is 9.66. The molecule has 2 N–H and O–H groups in total. The van der Waals surface area contributed by atoms with Crippen LogP contribution in [0.4, 0.5) is 0 Å². The molecule has 2 fully saturated rings. The second kappa shape index (κ2) is 10.6. The number of carbonyl (C=O) groups excluding carboxylic acids is 1. The van der Waals surface area contributed by atoms with Crippen LogP contribution in [0.1, 0.15) is 51.4 Å². The van der Waals surface area contributed by atoms with Gasteiger partial charge < -0.3 is 20.4 Å². The van der Waals surface area contributed by atoms with Gasteiger partial charge in [-0.1, -0.05) is 19.3 Å². The second-order valence-electron chi connectivity index (χ2n) is 7.55. The first-order chi connectivity index (χ1) is 12.1. The van der Waals surface area contributed by atoms with E-state index in [0.717, 1.165) is 51.0 Å². The van der Waals surface area contributed by atoms with Crippen LogP contribution in [0.3, 0.4) is 0 Å². The van der Waals surface area contributed by atoms with E-state index in [1.54, 1.807) is 7.05 Å². The van der Waals surface area contributed by atoms with Crippen LogP contribution < -0.4 is 10.6 Å². The minimum Gasteiger partial charge on any atom is -0.359 e. The van der Waals surface area contributed by atoms with Gasteiger partial charge in [-0.25, -0.2) is 0 Å². The number of likely N-dealkylation sites (N-methyl/N-ethyl adjacent to an activating group) is 1. The van der Waals surface area contributed by atoms with Crippen LogP contribution in [0.25, 0.3) is 0 Å². The lowest BCUT2D eigenvalue weighted by molar-refractivity contribution is -0.121. The largest absolute Gasteiger partial charge is 0.359 e. The molecule has 144 valence electrons. The Morgan fingerprint density at radius 2 is 1.84 bits per heavy atom. The molecule has 1 saturated carbocycles. The van der Waals surface area contributed by atoms with Crippen molar-refractivity contribution in [3.05, 3.63) is 0 Å². The summed E-state index contributed by atoms with van der Waals surface area (Å²) in [6, 6.07) is 0.762. The molecule has 0 aromatic carbocycles. The highest BCUT2D eigenvalue weighted by atomic mass is 16.1. The number of likely N-dealkylation sites (tertiary alicyclic amines) is 1. The second-order valence-corrected chi connectivity index (χ2v) is 7.55. The van der Waals surface area contributed by atoms with Crippen LogP contribution in [0.5, 0.6) is 0 Å². The molecule has 1 aliphatic carbocycles. The summed E-state index contributed by atoms with van der Waals surface area (Å²) < 4.78 is 0. The van der Waals surface area contributed by atoms with E-state index in [1.165, 1.54) is 32.1 Å². The van der Waals surface area contributed by atoms with E-state index in [9.17, 15) is 4.79 Å². The van der Waals surface area contributed by atoms with E-state index < -0.39 is 0 Å². The molecule has 1 amide bonds. The minimum absolute atomic E-state index is 0.159. The average Bonchev–Trinajstić information content (AvgIpc) is 2.66. The van der Waals surface area contributed by atoms with Gasteiger partial charge in [-0.05, 0) is 38.6 Å². The summed E-state index contributed by atoms with van der Waals surface area (Å²) in [6.45, 7) is 3.98. The topological polar surface area (TPSA) is 60.0 Å². The van der Waals surface area contributed by atoms with E-state index in [4.69, 9.17) is 0 Å². The predicted octanol–water partition coefficient (Wildman–Crippen LogP) is 1.67. The fourth-order valence-corrected chi connectivity index (χ4v) is 4.09. The molecule has 0 radical (unpaired) electrons. The van der Waals surface area contributed by atoms with Gasteiger partial charge in [-0.3, -0.25) is 9.79 Å². The molecule has 1 saturated heterocycles. The zero-order valence-electron chi connectivity index (χ0n) is 16.4. The fourth-order valence-electron chi connectivity index (χ4n) is 4.09. The molecule has 25 heavy (non-hydrogen) atoms. The lowest BCUT2D eigenvalue weighted by Crippen LogP contribution is -2.48. The van der Waals surface area contributed by atoms with Crippen LogP contribution in [0.15, 0.2) is 4.99 Å². The first kappa shape index (κ1) is 20.0. The Labute approximate surface area is 153 Å². The molecule has 6 heteroatoms. The highest BCUT2D eigenvalue weighted by molar-refractivity contribution is 5.80. The van der Waals surface area contributed by atoms with E-state index >= 15 is 0 Å². The zero-order valence-corrected chi connectivity index (χ0v) is 16.4. The predicted molar refractivity (Wildman–Crippen MR) is 104 cm³/mol. The number of hydrogen-bond acceptors (Lipinski definition) is 3. The van der Waals surface area contributed by atoms with Crippen molar-refractivity contribution in [2.45, 2.75) is 57.4 Å². The van der Waals surface area contributed by atoms with Crippen molar-refractivity contribution in [3.8, 4) is 0 Å². The third-order valence-corrected chi connectivity index (χ3v) is 5.82. The number of hydrogen-bond donors (Lipinski definition) is 2. The Morgan fingerprint density at radius 1 is 1.16 bits per heavy atom. The van der Waals surface area contributed by atoms with Gasteiger partial charge in [0.15, 0.2) is 5.96 Å². The number of nitrogens with one attached hydrogen (secondary N) is 2. The molecule has 2 aliphatic rings. The number of rotatable bonds is 6. The van der Waals surface area contributed by atoms with E-state index in [1.807, 2.05) is 7.05 Å². The maximum Gasteiger partial charge on any atom is 0.220 e. The molecule has 1 heterocycles. The van der Waals surface area contributed by atoms with Gasteiger partial charge in [0.1, 0.15) is 0 Å². The summed E-state index contributed by atoms with van der Waals surface area (Å²) in [5.41, 5.74) is 0. The fraction of sp³-hybridized carbons (Fsp3) is 0.895. The van der Waals surface area contributed by atoms with Crippen molar-refractivity contribution >= 4 is 11.9 Å².